The van der Waals surface area contributed by atoms with E-state index in [0.29, 0.717) is 6.54 Å². The third-order valence-electron chi connectivity index (χ3n) is 2.90. The fraction of sp³-hybridized carbons (Fsp3) is 0.615. The van der Waals surface area contributed by atoms with Gasteiger partial charge in [-0.15, -0.1) is 24.0 Å². The minimum atomic E-state index is 0. The Labute approximate surface area is 126 Å². The Morgan fingerprint density at radius 2 is 2.22 bits per heavy atom. The second kappa shape index (κ2) is 8.39. The first-order valence-corrected chi connectivity index (χ1v) is 6.46. The summed E-state index contributed by atoms with van der Waals surface area (Å²) in [5.74, 6) is 1.95. The van der Waals surface area contributed by atoms with Crippen molar-refractivity contribution < 1.29 is 4.42 Å². The van der Waals surface area contributed by atoms with Gasteiger partial charge in [0.15, 0.2) is 5.96 Å². The van der Waals surface area contributed by atoms with Crippen molar-refractivity contribution in [1.82, 2.24) is 10.2 Å². The standard InChI is InChI=1S/C13H21N3O.HI/c1-2-7-14-13(16-8-3-4-9-16)15-11-12-6-5-10-17-12;/h5-6,10H,2-4,7-9,11H2,1H3,(H,14,15);1H. The molecule has 0 aromatic carbocycles. The van der Waals surface area contributed by atoms with Crippen molar-refractivity contribution in [3.8, 4) is 0 Å². The van der Waals surface area contributed by atoms with Crippen molar-refractivity contribution in [2.75, 3.05) is 19.6 Å². The summed E-state index contributed by atoms with van der Waals surface area (Å²) < 4.78 is 5.30. The van der Waals surface area contributed by atoms with Gasteiger partial charge >= 0.3 is 0 Å². The number of nitrogens with zero attached hydrogens (tertiary/aromatic N) is 2. The maximum atomic E-state index is 5.30. The van der Waals surface area contributed by atoms with Crippen molar-refractivity contribution in [3.63, 3.8) is 0 Å². The fourth-order valence-electron chi connectivity index (χ4n) is 1.99. The van der Waals surface area contributed by atoms with Crippen LogP contribution < -0.4 is 5.32 Å². The second-order valence-electron chi connectivity index (χ2n) is 4.34. The van der Waals surface area contributed by atoms with Crippen LogP contribution in [0.2, 0.25) is 0 Å². The molecule has 2 heterocycles. The number of likely N-dealkylation sites (tertiary alicyclic amines) is 1. The highest BCUT2D eigenvalue weighted by Crippen LogP contribution is 2.09. The molecule has 1 aliphatic rings. The molecule has 0 spiro atoms. The molecule has 1 aliphatic heterocycles. The molecule has 2 rings (SSSR count). The molecule has 0 bridgehead atoms. The molecule has 5 heteroatoms. The lowest BCUT2D eigenvalue weighted by molar-refractivity contribution is 0.481. The Morgan fingerprint density at radius 3 is 2.83 bits per heavy atom. The van der Waals surface area contributed by atoms with E-state index in [1.165, 1.54) is 12.8 Å². The van der Waals surface area contributed by atoms with Crippen molar-refractivity contribution in [1.29, 1.82) is 0 Å². The third-order valence-corrected chi connectivity index (χ3v) is 2.90. The first-order chi connectivity index (χ1) is 8.40. The van der Waals surface area contributed by atoms with E-state index in [-0.39, 0.29) is 24.0 Å². The summed E-state index contributed by atoms with van der Waals surface area (Å²) in [6.45, 7) is 6.01. The van der Waals surface area contributed by atoms with Crippen LogP contribution in [-0.2, 0) is 6.54 Å². The number of hydrogen-bond donors (Lipinski definition) is 1. The molecule has 0 atom stereocenters. The van der Waals surface area contributed by atoms with Gasteiger partial charge in [-0.05, 0) is 31.4 Å². The zero-order valence-electron chi connectivity index (χ0n) is 10.9. The van der Waals surface area contributed by atoms with Crippen LogP contribution in [0.25, 0.3) is 0 Å². The van der Waals surface area contributed by atoms with E-state index in [1.54, 1.807) is 6.26 Å². The van der Waals surface area contributed by atoms with Gasteiger partial charge in [-0.1, -0.05) is 6.92 Å². The molecule has 0 amide bonds. The van der Waals surface area contributed by atoms with E-state index in [2.05, 4.69) is 22.1 Å². The number of furan rings is 1. The predicted octanol–water partition coefficient (Wildman–Crippen LogP) is 2.85. The zero-order valence-corrected chi connectivity index (χ0v) is 13.2. The summed E-state index contributed by atoms with van der Waals surface area (Å²) in [6.07, 6.45) is 5.36. The summed E-state index contributed by atoms with van der Waals surface area (Å²) in [4.78, 5) is 6.96. The van der Waals surface area contributed by atoms with E-state index in [9.17, 15) is 0 Å². The topological polar surface area (TPSA) is 40.8 Å². The highest BCUT2D eigenvalue weighted by molar-refractivity contribution is 14.0. The molecule has 1 aromatic heterocycles. The lowest BCUT2D eigenvalue weighted by atomic mass is 10.4. The van der Waals surface area contributed by atoms with Gasteiger partial charge in [0.1, 0.15) is 12.3 Å². The van der Waals surface area contributed by atoms with Gasteiger partial charge in [0.05, 0.1) is 6.26 Å². The van der Waals surface area contributed by atoms with Crippen LogP contribution in [0.15, 0.2) is 27.8 Å². The monoisotopic (exact) mass is 363 g/mol. The van der Waals surface area contributed by atoms with Gasteiger partial charge in [-0.25, -0.2) is 4.99 Å². The largest absolute Gasteiger partial charge is 0.467 e. The van der Waals surface area contributed by atoms with Crippen LogP contribution in [0, 0.1) is 0 Å². The maximum Gasteiger partial charge on any atom is 0.194 e. The van der Waals surface area contributed by atoms with Gasteiger partial charge in [0, 0.05) is 19.6 Å². The van der Waals surface area contributed by atoms with E-state index in [1.807, 2.05) is 12.1 Å². The SMILES string of the molecule is CCCNC(=NCc1ccco1)N1CCCC1.I. The molecule has 1 fully saturated rings. The molecule has 0 radical (unpaired) electrons. The first kappa shape index (κ1) is 15.3. The molecule has 0 aliphatic carbocycles. The van der Waals surface area contributed by atoms with Gasteiger partial charge < -0.3 is 14.6 Å². The summed E-state index contributed by atoms with van der Waals surface area (Å²) in [5, 5.41) is 3.41. The molecule has 1 N–H and O–H groups in total. The summed E-state index contributed by atoms with van der Waals surface area (Å²) in [6, 6.07) is 3.87. The Kier molecular flexibility index (Phi) is 7.15. The molecule has 18 heavy (non-hydrogen) atoms. The first-order valence-electron chi connectivity index (χ1n) is 6.46. The molecule has 1 aromatic rings. The lowest BCUT2D eigenvalue weighted by Gasteiger charge is -2.20. The molecule has 0 unspecified atom stereocenters. The molecular weight excluding hydrogens is 341 g/mol. The second-order valence-corrected chi connectivity index (χ2v) is 4.34. The fourth-order valence-corrected chi connectivity index (χ4v) is 1.99. The van der Waals surface area contributed by atoms with Crippen molar-refractivity contribution in [3.05, 3.63) is 24.2 Å². The van der Waals surface area contributed by atoms with Crippen molar-refractivity contribution in [2.45, 2.75) is 32.7 Å². The van der Waals surface area contributed by atoms with Crippen LogP contribution in [0.3, 0.4) is 0 Å². The van der Waals surface area contributed by atoms with E-state index < -0.39 is 0 Å². The molecular formula is C13H22IN3O. The summed E-state index contributed by atoms with van der Waals surface area (Å²) in [5.41, 5.74) is 0. The Bertz CT molecular complexity index is 345. The average molecular weight is 363 g/mol. The number of halogens is 1. The van der Waals surface area contributed by atoms with Crippen LogP contribution in [-0.4, -0.2) is 30.5 Å². The van der Waals surface area contributed by atoms with Gasteiger partial charge in [0.25, 0.3) is 0 Å². The Hall–Kier alpha value is -0.720. The zero-order chi connectivity index (χ0) is 11.9. The molecule has 1 saturated heterocycles. The van der Waals surface area contributed by atoms with E-state index >= 15 is 0 Å². The molecule has 4 nitrogen and oxygen atoms in total. The molecule has 0 saturated carbocycles. The van der Waals surface area contributed by atoms with Crippen LogP contribution >= 0.6 is 24.0 Å². The highest BCUT2D eigenvalue weighted by atomic mass is 127. The predicted molar refractivity (Wildman–Crippen MR) is 84.4 cm³/mol. The van der Waals surface area contributed by atoms with Crippen molar-refractivity contribution in [2.24, 2.45) is 4.99 Å². The number of nitrogens with one attached hydrogen (secondary N) is 1. The maximum absolute atomic E-state index is 5.30. The Balaban J connectivity index is 0.00000162. The Morgan fingerprint density at radius 1 is 1.44 bits per heavy atom. The minimum absolute atomic E-state index is 0. The summed E-state index contributed by atoms with van der Waals surface area (Å²) >= 11 is 0. The number of rotatable bonds is 4. The normalized spacial score (nSPS) is 15.6. The van der Waals surface area contributed by atoms with Crippen LogP contribution in [0.1, 0.15) is 31.9 Å². The van der Waals surface area contributed by atoms with Gasteiger partial charge in [-0.2, -0.15) is 0 Å². The lowest BCUT2D eigenvalue weighted by Crippen LogP contribution is -2.40. The quantitative estimate of drug-likeness (QED) is 0.508. The van der Waals surface area contributed by atoms with Crippen LogP contribution in [0.5, 0.6) is 0 Å². The van der Waals surface area contributed by atoms with Crippen molar-refractivity contribution >= 4 is 29.9 Å². The number of aliphatic imine (C=N–C) groups is 1. The molecule has 102 valence electrons. The average Bonchev–Trinajstić information content (AvgIpc) is 3.01. The summed E-state index contributed by atoms with van der Waals surface area (Å²) in [7, 11) is 0. The minimum Gasteiger partial charge on any atom is -0.467 e. The van der Waals surface area contributed by atoms with Gasteiger partial charge in [-0.3, -0.25) is 0 Å². The highest BCUT2D eigenvalue weighted by Gasteiger charge is 2.15. The van der Waals surface area contributed by atoms with Crippen LogP contribution in [0.4, 0.5) is 0 Å². The number of guanidine groups is 1. The van der Waals surface area contributed by atoms with E-state index in [0.717, 1.165) is 37.8 Å². The third kappa shape index (κ3) is 4.51. The smallest absolute Gasteiger partial charge is 0.194 e. The van der Waals surface area contributed by atoms with Gasteiger partial charge in [0.2, 0.25) is 0 Å². The van der Waals surface area contributed by atoms with E-state index in [4.69, 9.17) is 4.42 Å². The number of hydrogen-bond acceptors (Lipinski definition) is 2.